The van der Waals surface area contributed by atoms with Crippen LogP contribution in [-0.4, -0.2) is 11.3 Å². The van der Waals surface area contributed by atoms with E-state index in [1.807, 2.05) is 6.07 Å². The van der Waals surface area contributed by atoms with Crippen LogP contribution in [0.2, 0.25) is 0 Å². The van der Waals surface area contributed by atoms with Crippen molar-refractivity contribution < 1.29 is 11.0 Å². The van der Waals surface area contributed by atoms with Crippen molar-refractivity contribution in [3.05, 3.63) is 481 Å². The zero-order valence-electron chi connectivity index (χ0n) is 73.3. The van der Waals surface area contributed by atoms with Crippen LogP contribution >= 0.6 is 0 Å². The molecular formula is C114H80BN3. The summed E-state index contributed by atoms with van der Waals surface area (Å²) < 4.78 is 79.0. The molecule has 0 bridgehead atoms. The first-order valence-corrected chi connectivity index (χ1v) is 40.8. The molecule has 2 aliphatic heterocycles. The van der Waals surface area contributed by atoms with Crippen LogP contribution in [0.4, 0.5) is 34.1 Å². The quantitative estimate of drug-likeness (QED) is 0.113. The van der Waals surface area contributed by atoms with Crippen LogP contribution in [0.15, 0.2) is 431 Å². The van der Waals surface area contributed by atoms with Gasteiger partial charge < -0.3 is 14.4 Å². The third kappa shape index (κ3) is 10.3. The van der Waals surface area contributed by atoms with E-state index in [-0.39, 0.29) is 33.9 Å². The molecule has 0 spiro atoms. The predicted octanol–water partition coefficient (Wildman–Crippen LogP) is 27.2. The first-order valence-electron chi connectivity index (χ1n) is 44.8. The van der Waals surface area contributed by atoms with Gasteiger partial charge in [-0.15, -0.1) is 0 Å². The van der Waals surface area contributed by atoms with Gasteiger partial charge in [-0.25, -0.2) is 0 Å². The highest BCUT2D eigenvalue weighted by Gasteiger charge is 2.50. The van der Waals surface area contributed by atoms with Crippen molar-refractivity contribution in [2.24, 2.45) is 0 Å². The van der Waals surface area contributed by atoms with Gasteiger partial charge in [0.25, 0.3) is 6.71 Å². The van der Waals surface area contributed by atoms with Gasteiger partial charge >= 0.3 is 0 Å². The molecule has 0 amide bonds. The zero-order chi connectivity index (χ0) is 85.3. The van der Waals surface area contributed by atoms with Crippen molar-refractivity contribution >= 4 is 79.0 Å². The highest BCUT2D eigenvalue weighted by atomic mass is 15.2. The largest absolute Gasteiger partial charge is 0.310 e. The summed E-state index contributed by atoms with van der Waals surface area (Å²) in [5.41, 5.74) is 31.5. The average Bonchev–Trinajstić information content (AvgIpc) is 0.945. The Labute approximate surface area is 701 Å². The first-order chi connectivity index (χ1) is 61.5. The highest BCUT2D eigenvalue weighted by molar-refractivity contribution is 7.00. The number of fused-ring (bicyclic) bond motifs is 13. The lowest BCUT2D eigenvalue weighted by Gasteiger charge is -2.46. The third-order valence-electron chi connectivity index (χ3n) is 25.5. The molecule has 1 aromatic heterocycles. The monoisotopic (exact) mass is 1510 g/mol. The van der Waals surface area contributed by atoms with Gasteiger partial charge in [-0.3, -0.25) is 0 Å². The van der Waals surface area contributed by atoms with Gasteiger partial charge in [0.15, 0.2) is 0 Å². The minimum Gasteiger partial charge on any atom is -0.310 e. The SMILES string of the molecule is [2H]c1c([2H])c([2H])c2c(c1[2H])c1c([2H])c([2H])c([2H])c([2H])c1n2-c1ccc2c(c1)N(c1c(-c3ccc4c(c3)C(c3ccccc3)(c3ccccc3)c3ccccc3-4)cccc1-c1ccc3c(c1)C(c1ccccc1)(c1ccccc1)c1ccccc1-3)c1cc(C(C)(C)C)cc3c1B2c1ccc(-c2ccccc2)cc1N3c1c(-c2ccccc2)cccc1-c1ccccc1. The summed E-state index contributed by atoms with van der Waals surface area (Å²) >= 11 is 0. The number of hydrogen-bond acceptors (Lipinski definition) is 2. The van der Waals surface area contributed by atoms with Crippen LogP contribution in [0.3, 0.4) is 0 Å². The van der Waals surface area contributed by atoms with Gasteiger partial charge in [0.2, 0.25) is 0 Å². The molecule has 23 rings (SSSR count). The molecule has 4 heteroatoms. The van der Waals surface area contributed by atoms with E-state index in [0.29, 0.717) is 5.69 Å². The normalized spacial score (nSPS) is 14.6. The molecule has 0 fully saturated rings. The maximum absolute atomic E-state index is 10.1. The third-order valence-corrected chi connectivity index (χ3v) is 25.5. The molecule has 118 heavy (non-hydrogen) atoms. The second-order valence-corrected chi connectivity index (χ2v) is 32.7. The smallest absolute Gasteiger partial charge is 0.252 e. The van der Waals surface area contributed by atoms with Crippen molar-refractivity contribution in [2.75, 3.05) is 9.80 Å². The van der Waals surface area contributed by atoms with Crippen LogP contribution in [0.1, 0.15) is 81.8 Å². The molecule has 0 saturated heterocycles. The van der Waals surface area contributed by atoms with E-state index < -0.39 is 59.2 Å². The molecule has 19 aromatic rings. The first kappa shape index (κ1) is 60.9. The van der Waals surface area contributed by atoms with Crippen LogP contribution in [0, 0.1) is 0 Å². The van der Waals surface area contributed by atoms with Gasteiger partial charge in [0.05, 0.1) is 44.2 Å². The lowest BCUT2D eigenvalue weighted by Crippen LogP contribution is -2.61. The van der Waals surface area contributed by atoms with Gasteiger partial charge in [-0.1, -0.05) is 397 Å². The molecule has 3 heterocycles. The lowest BCUT2D eigenvalue weighted by molar-refractivity contribution is 0.590. The van der Waals surface area contributed by atoms with Gasteiger partial charge in [-0.2, -0.15) is 0 Å². The summed E-state index contributed by atoms with van der Waals surface area (Å²) in [5, 5.41) is -0.00394. The molecule has 554 valence electrons. The van der Waals surface area contributed by atoms with Gasteiger partial charge in [0, 0.05) is 61.5 Å². The summed E-state index contributed by atoms with van der Waals surface area (Å²) in [4.78, 5) is 5.10. The number of aromatic nitrogens is 1. The molecule has 0 atom stereocenters. The van der Waals surface area contributed by atoms with Crippen molar-refractivity contribution in [2.45, 2.75) is 37.0 Å². The predicted molar refractivity (Wildman–Crippen MR) is 495 cm³/mol. The Morgan fingerprint density at radius 2 is 0.619 bits per heavy atom. The fourth-order valence-electron chi connectivity index (χ4n) is 20.5. The van der Waals surface area contributed by atoms with Crippen molar-refractivity contribution in [3.8, 4) is 83.6 Å². The molecule has 0 N–H and O–H groups in total. The van der Waals surface area contributed by atoms with Crippen LogP contribution in [0.25, 0.3) is 105 Å². The number of para-hydroxylation sites is 4. The Balaban J connectivity index is 0.906. The Hall–Kier alpha value is -14.6. The Kier molecular flexibility index (Phi) is 14.0. The van der Waals surface area contributed by atoms with Crippen molar-refractivity contribution in [1.82, 2.24) is 4.57 Å². The molecule has 3 nitrogen and oxygen atoms in total. The van der Waals surface area contributed by atoms with E-state index in [0.717, 1.165) is 167 Å². The molecule has 0 unspecified atom stereocenters. The molecule has 0 radical (unpaired) electrons. The van der Waals surface area contributed by atoms with Gasteiger partial charge in [-0.05, 0) is 182 Å². The van der Waals surface area contributed by atoms with Crippen LogP contribution < -0.4 is 26.2 Å². The summed E-state index contributed by atoms with van der Waals surface area (Å²) in [6, 6.07) is 136. The van der Waals surface area contributed by atoms with Crippen molar-refractivity contribution in [3.63, 3.8) is 0 Å². The second-order valence-electron chi connectivity index (χ2n) is 32.7. The number of benzene rings is 18. The molecule has 0 saturated carbocycles. The maximum Gasteiger partial charge on any atom is 0.252 e. The molecule has 2 aliphatic carbocycles. The molecule has 4 aliphatic rings. The Morgan fingerprint density at radius 3 is 1.05 bits per heavy atom. The summed E-state index contributed by atoms with van der Waals surface area (Å²) in [6.45, 7) is 6.37. The Morgan fingerprint density at radius 1 is 0.271 bits per heavy atom. The molecule has 18 aromatic carbocycles. The Bertz CT molecular complexity index is 7320. The summed E-state index contributed by atoms with van der Waals surface area (Å²) in [7, 11) is 0. The van der Waals surface area contributed by atoms with E-state index >= 15 is 0 Å². The van der Waals surface area contributed by atoms with E-state index in [1.165, 1.54) is 11.1 Å². The average molecular weight is 1510 g/mol. The van der Waals surface area contributed by atoms with Crippen LogP contribution in [0.5, 0.6) is 0 Å². The summed E-state index contributed by atoms with van der Waals surface area (Å²) in [5.74, 6) is 0. The summed E-state index contributed by atoms with van der Waals surface area (Å²) in [6.07, 6.45) is 0. The zero-order valence-corrected chi connectivity index (χ0v) is 65.3. The fraction of sp³-hybridized carbons (Fsp3) is 0.0526. The maximum atomic E-state index is 10.1. The lowest BCUT2D eigenvalue weighted by atomic mass is 9.33. The second kappa shape index (κ2) is 27.0. The molecular weight excluding hydrogens is 1420 g/mol. The minimum absolute atomic E-state index is 0.00197. The van der Waals surface area contributed by atoms with Crippen LogP contribution in [-0.2, 0) is 16.2 Å². The highest BCUT2D eigenvalue weighted by Crippen LogP contribution is 2.62. The van der Waals surface area contributed by atoms with E-state index in [9.17, 15) is 11.0 Å². The number of hydrogen-bond donors (Lipinski definition) is 0. The van der Waals surface area contributed by atoms with E-state index in [4.69, 9.17) is 0 Å². The standard InChI is InChI=1S/C114H80BN3/c1-112(2,3)85-72-107-109-108(73-85)118(106-74-86(116-103-59-31-27-51-95(103)96-52-28-32-60-104(96)116)64-68-102(106)115(109)101-67-63-78(75-35-11-4-12-36-75)71-105(101)117(107)110-87(76-37-13-5-14-38-76)53-33-54-88(110)77-39-15-6-16-40-77)111-89(79-61-65-93-91-49-25-29-57-97(91)113(99(93)69-79,81-41-17-7-18-42-81)82-43-19-8-20-44-82)55-34-56-90(111)80-62-66-94-92-50-26-30-58-98(92)114(100(94)70-80,83-45-21-9-22-46-83)84-47-23-10-24-48-84/h4-74H,1-3H3/i27D,28D,31D,32D,51D,52D,59D,60D. The van der Waals surface area contributed by atoms with Crippen molar-refractivity contribution in [1.29, 1.82) is 0 Å². The number of anilines is 6. The topological polar surface area (TPSA) is 11.4 Å². The minimum atomic E-state index is -0.798. The fourth-order valence-corrected chi connectivity index (χ4v) is 20.5. The number of rotatable bonds is 12. The number of nitrogens with zero attached hydrogens (tertiary/aromatic N) is 3. The van der Waals surface area contributed by atoms with Gasteiger partial charge in [0.1, 0.15) is 0 Å². The van der Waals surface area contributed by atoms with E-state index in [2.05, 4.69) is 407 Å². The van der Waals surface area contributed by atoms with E-state index in [1.54, 1.807) is 4.57 Å².